The summed E-state index contributed by atoms with van der Waals surface area (Å²) in [5.74, 6) is 0.680. The van der Waals surface area contributed by atoms with Gasteiger partial charge >= 0.3 is 6.18 Å². The summed E-state index contributed by atoms with van der Waals surface area (Å²) in [4.78, 5) is 8.49. The molecule has 2 fully saturated rings. The zero-order valence-corrected chi connectivity index (χ0v) is 16.0. The maximum atomic E-state index is 12.5. The van der Waals surface area contributed by atoms with E-state index in [1.54, 1.807) is 0 Å². The van der Waals surface area contributed by atoms with Crippen molar-refractivity contribution in [2.75, 3.05) is 52.5 Å². The topological polar surface area (TPSA) is 52.1 Å². The fourth-order valence-electron chi connectivity index (χ4n) is 3.58. The second-order valence-corrected chi connectivity index (χ2v) is 7.21. The number of nitrogens with one attached hydrogen (secondary N) is 2. The number of rotatable bonds is 6. The van der Waals surface area contributed by atoms with Gasteiger partial charge in [0, 0.05) is 44.3 Å². The third-order valence-corrected chi connectivity index (χ3v) is 4.86. The molecule has 2 saturated heterocycles. The van der Waals surface area contributed by atoms with Crippen molar-refractivity contribution in [3.63, 3.8) is 0 Å². The lowest BCUT2D eigenvalue weighted by Gasteiger charge is -2.37. The first-order valence-corrected chi connectivity index (χ1v) is 9.46. The van der Waals surface area contributed by atoms with Gasteiger partial charge in [-0.25, -0.2) is 0 Å². The first-order chi connectivity index (χ1) is 12.3. The van der Waals surface area contributed by atoms with E-state index in [1.165, 1.54) is 4.90 Å². The summed E-state index contributed by atoms with van der Waals surface area (Å²) < 4.78 is 43.0. The number of hydrogen-bond acceptors (Lipinski definition) is 4. The number of guanidine groups is 1. The molecule has 0 aromatic rings. The molecule has 2 N–H and O–H groups in total. The maximum Gasteiger partial charge on any atom is 0.401 e. The third kappa shape index (κ3) is 6.92. The zero-order chi connectivity index (χ0) is 19.2. The van der Waals surface area contributed by atoms with Crippen LogP contribution in [0.4, 0.5) is 13.2 Å². The summed E-state index contributed by atoms with van der Waals surface area (Å²) in [7, 11) is 0. The number of aliphatic imine (C=N–C) groups is 1. The van der Waals surface area contributed by atoms with Crippen molar-refractivity contribution in [1.29, 1.82) is 0 Å². The summed E-state index contributed by atoms with van der Waals surface area (Å²) in [6.07, 6.45) is -3.45. The summed E-state index contributed by atoms with van der Waals surface area (Å²) in [5.41, 5.74) is 0. The Labute approximate surface area is 154 Å². The van der Waals surface area contributed by atoms with Crippen LogP contribution in [0, 0.1) is 0 Å². The van der Waals surface area contributed by atoms with E-state index in [4.69, 9.17) is 4.74 Å². The van der Waals surface area contributed by atoms with Gasteiger partial charge in [-0.3, -0.25) is 14.8 Å². The summed E-state index contributed by atoms with van der Waals surface area (Å²) in [6.45, 7) is 10.0. The van der Waals surface area contributed by atoms with Gasteiger partial charge in [0.25, 0.3) is 0 Å². The van der Waals surface area contributed by atoms with Gasteiger partial charge in [-0.15, -0.1) is 0 Å². The summed E-state index contributed by atoms with van der Waals surface area (Å²) >= 11 is 0. The van der Waals surface area contributed by atoms with E-state index in [0.29, 0.717) is 44.6 Å². The average Bonchev–Trinajstić information content (AvgIpc) is 2.98. The van der Waals surface area contributed by atoms with E-state index in [-0.39, 0.29) is 12.1 Å². The number of hydrogen-bond donors (Lipinski definition) is 2. The van der Waals surface area contributed by atoms with Crippen LogP contribution < -0.4 is 10.6 Å². The monoisotopic (exact) mass is 379 g/mol. The van der Waals surface area contributed by atoms with E-state index in [2.05, 4.69) is 34.4 Å². The zero-order valence-electron chi connectivity index (χ0n) is 16.0. The predicted molar refractivity (Wildman–Crippen MR) is 96.5 cm³/mol. The van der Waals surface area contributed by atoms with Crippen molar-refractivity contribution >= 4 is 5.96 Å². The van der Waals surface area contributed by atoms with Gasteiger partial charge in [0.1, 0.15) is 0 Å². The fraction of sp³-hybridized carbons (Fsp3) is 0.941. The highest BCUT2D eigenvalue weighted by Gasteiger charge is 2.34. The molecule has 0 aromatic heterocycles. The van der Waals surface area contributed by atoms with Gasteiger partial charge in [-0.2, -0.15) is 13.2 Å². The largest absolute Gasteiger partial charge is 0.401 e. The molecular weight excluding hydrogens is 347 g/mol. The van der Waals surface area contributed by atoms with E-state index in [1.807, 2.05) is 6.92 Å². The van der Waals surface area contributed by atoms with E-state index in [9.17, 15) is 13.2 Å². The quantitative estimate of drug-likeness (QED) is 0.538. The molecule has 2 heterocycles. The highest BCUT2D eigenvalue weighted by atomic mass is 19.4. The van der Waals surface area contributed by atoms with Crippen molar-refractivity contribution in [3.8, 4) is 0 Å². The number of halogens is 3. The van der Waals surface area contributed by atoms with Crippen LogP contribution in [0.5, 0.6) is 0 Å². The Morgan fingerprint density at radius 3 is 2.77 bits per heavy atom. The standard InChI is InChI=1S/C17H32F3N5O/c1-4-21-16(22-9-13(2)25-7-8-26-11-14(25)3)23-15-5-6-24(10-15)12-17(18,19)20/h13-15H,4-12H2,1-3H3,(H2,21,22,23). The van der Waals surface area contributed by atoms with Gasteiger partial charge in [-0.1, -0.05) is 0 Å². The number of alkyl halides is 3. The van der Waals surface area contributed by atoms with Crippen molar-refractivity contribution < 1.29 is 17.9 Å². The van der Waals surface area contributed by atoms with Crippen LogP contribution in [0.25, 0.3) is 0 Å². The Morgan fingerprint density at radius 2 is 2.12 bits per heavy atom. The number of nitrogens with zero attached hydrogens (tertiary/aromatic N) is 3. The van der Waals surface area contributed by atoms with Crippen LogP contribution in [0.15, 0.2) is 4.99 Å². The van der Waals surface area contributed by atoms with Crippen LogP contribution >= 0.6 is 0 Å². The number of morpholine rings is 1. The van der Waals surface area contributed by atoms with Gasteiger partial charge in [-0.05, 0) is 27.2 Å². The molecule has 6 nitrogen and oxygen atoms in total. The van der Waals surface area contributed by atoms with Crippen molar-refractivity contribution in [3.05, 3.63) is 0 Å². The maximum absolute atomic E-state index is 12.5. The lowest BCUT2D eigenvalue weighted by atomic mass is 10.2. The normalized spacial score (nSPS) is 27.5. The first-order valence-electron chi connectivity index (χ1n) is 9.46. The minimum Gasteiger partial charge on any atom is -0.379 e. The SMILES string of the molecule is CCNC(=NCC(C)N1CCOCC1C)NC1CCN(CC(F)(F)F)C1. The predicted octanol–water partition coefficient (Wildman–Crippen LogP) is 1.29. The Morgan fingerprint density at radius 1 is 1.35 bits per heavy atom. The van der Waals surface area contributed by atoms with Gasteiger partial charge in [0.05, 0.1) is 26.3 Å². The molecule has 2 aliphatic heterocycles. The summed E-state index contributed by atoms with van der Waals surface area (Å²) in [6, 6.07) is 0.651. The molecule has 0 aliphatic carbocycles. The molecule has 0 radical (unpaired) electrons. The number of likely N-dealkylation sites (tertiary alicyclic amines) is 1. The Hall–Kier alpha value is -1.06. The molecule has 0 bridgehead atoms. The molecule has 2 rings (SSSR count). The third-order valence-electron chi connectivity index (χ3n) is 4.86. The molecule has 0 aromatic carbocycles. The average molecular weight is 379 g/mol. The molecule has 3 unspecified atom stereocenters. The second-order valence-electron chi connectivity index (χ2n) is 7.21. The van der Waals surface area contributed by atoms with E-state index in [0.717, 1.165) is 19.8 Å². The highest BCUT2D eigenvalue weighted by Crippen LogP contribution is 2.20. The Kier molecular flexibility index (Phi) is 7.97. The Balaban J connectivity index is 1.84. The van der Waals surface area contributed by atoms with Gasteiger partial charge in [0.15, 0.2) is 5.96 Å². The van der Waals surface area contributed by atoms with Gasteiger partial charge < -0.3 is 15.4 Å². The molecule has 152 valence electrons. The van der Waals surface area contributed by atoms with Crippen LogP contribution in [-0.2, 0) is 4.74 Å². The second kappa shape index (κ2) is 9.75. The van der Waals surface area contributed by atoms with Crippen LogP contribution in [0.2, 0.25) is 0 Å². The molecule has 9 heteroatoms. The highest BCUT2D eigenvalue weighted by molar-refractivity contribution is 5.80. The lowest BCUT2D eigenvalue weighted by Crippen LogP contribution is -2.50. The van der Waals surface area contributed by atoms with Crippen LogP contribution in [0.1, 0.15) is 27.2 Å². The molecule has 0 spiro atoms. The molecular formula is C17H32F3N5O. The van der Waals surface area contributed by atoms with Crippen LogP contribution in [-0.4, -0.2) is 92.5 Å². The van der Waals surface area contributed by atoms with Crippen molar-refractivity contribution in [1.82, 2.24) is 20.4 Å². The minimum absolute atomic E-state index is 0.00670. The number of ether oxygens (including phenoxy) is 1. The summed E-state index contributed by atoms with van der Waals surface area (Å²) in [5, 5.41) is 6.49. The van der Waals surface area contributed by atoms with E-state index >= 15 is 0 Å². The first kappa shape index (κ1) is 21.2. The molecule has 2 aliphatic rings. The van der Waals surface area contributed by atoms with Crippen LogP contribution in [0.3, 0.4) is 0 Å². The van der Waals surface area contributed by atoms with Crippen molar-refractivity contribution in [2.24, 2.45) is 4.99 Å². The van der Waals surface area contributed by atoms with Crippen molar-refractivity contribution in [2.45, 2.75) is 51.5 Å². The smallest absolute Gasteiger partial charge is 0.379 e. The molecule has 26 heavy (non-hydrogen) atoms. The van der Waals surface area contributed by atoms with E-state index < -0.39 is 12.7 Å². The fourth-order valence-corrected chi connectivity index (χ4v) is 3.58. The molecule has 3 atom stereocenters. The lowest BCUT2D eigenvalue weighted by molar-refractivity contribution is -0.143. The van der Waals surface area contributed by atoms with Gasteiger partial charge in [0.2, 0.25) is 0 Å². The molecule has 0 amide bonds. The minimum atomic E-state index is -4.14. The Bertz CT molecular complexity index is 460. The molecule has 0 saturated carbocycles.